The summed E-state index contributed by atoms with van der Waals surface area (Å²) in [7, 11) is 0. The molecule has 0 saturated carbocycles. The van der Waals surface area contributed by atoms with Gasteiger partial charge in [-0.25, -0.2) is 0 Å². The van der Waals surface area contributed by atoms with Crippen LogP contribution < -0.4 is 9.64 Å². The van der Waals surface area contributed by atoms with Crippen LogP contribution >= 0.6 is 0 Å². The highest BCUT2D eigenvalue weighted by molar-refractivity contribution is 5.94. The number of ether oxygens (including phenoxy) is 1. The van der Waals surface area contributed by atoms with Crippen LogP contribution in [0.3, 0.4) is 0 Å². The zero-order valence-electron chi connectivity index (χ0n) is 15.4. The Kier molecular flexibility index (Phi) is 6.26. The van der Waals surface area contributed by atoms with E-state index in [-0.39, 0.29) is 18.3 Å². The zero-order chi connectivity index (χ0) is 19.2. The summed E-state index contributed by atoms with van der Waals surface area (Å²) in [5.74, 6) is 0.825. The molecule has 1 aliphatic heterocycles. The molecular formula is C20H25N2O5+. The van der Waals surface area contributed by atoms with Crippen LogP contribution in [0.2, 0.25) is 0 Å². The summed E-state index contributed by atoms with van der Waals surface area (Å²) in [5.41, 5.74) is 0.588. The van der Waals surface area contributed by atoms with Crippen LogP contribution in [-0.2, 0) is 0 Å². The Labute approximate surface area is 158 Å². The first-order valence-electron chi connectivity index (χ1n) is 9.11. The minimum absolute atomic E-state index is 0.0209. The van der Waals surface area contributed by atoms with E-state index in [9.17, 15) is 14.7 Å². The number of aliphatic hydroxyl groups is 1. The molecule has 2 N–H and O–H groups in total. The van der Waals surface area contributed by atoms with Gasteiger partial charge in [0.25, 0.3) is 5.91 Å². The minimum Gasteiger partial charge on any atom is -0.491 e. The van der Waals surface area contributed by atoms with Crippen molar-refractivity contribution in [2.75, 3.05) is 39.3 Å². The molecule has 3 rings (SSSR count). The monoisotopic (exact) mass is 373 g/mol. The highest BCUT2D eigenvalue weighted by atomic mass is 16.5. The van der Waals surface area contributed by atoms with Crippen LogP contribution in [0, 0.1) is 0 Å². The molecule has 1 aliphatic rings. The van der Waals surface area contributed by atoms with E-state index < -0.39 is 6.10 Å². The topological polar surface area (TPSA) is 84.4 Å². The minimum atomic E-state index is -0.617. The second-order valence-electron chi connectivity index (χ2n) is 6.77. The number of carbonyl (C=O) groups is 2. The van der Waals surface area contributed by atoms with Crippen LogP contribution in [0.15, 0.2) is 47.1 Å². The SMILES string of the molecule is CC(=O)c1cccc(OC[C@H](O)C[NH+]2CCN(C(=O)c3ccco3)CC2)c1. The Morgan fingerprint density at radius 2 is 2.04 bits per heavy atom. The number of Topliss-reactive ketones (excluding diaryl/α,β-unsaturated/α-hetero) is 1. The maximum absolute atomic E-state index is 12.3. The quantitative estimate of drug-likeness (QED) is 0.681. The molecule has 7 nitrogen and oxygen atoms in total. The lowest BCUT2D eigenvalue weighted by Crippen LogP contribution is -3.16. The molecule has 2 heterocycles. The first-order chi connectivity index (χ1) is 13.0. The van der Waals surface area contributed by atoms with Gasteiger partial charge in [0.1, 0.15) is 25.0 Å². The zero-order valence-corrected chi connectivity index (χ0v) is 15.4. The Morgan fingerprint density at radius 3 is 2.70 bits per heavy atom. The van der Waals surface area contributed by atoms with E-state index in [0.29, 0.717) is 36.7 Å². The Bertz CT molecular complexity index is 766. The number of hydrogen-bond acceptors (Lipinski definition) is 5. The smallest absolute Gasteiger partial charge is 0.289 e. The molecule has 0 bridgehead atoms. The van der Waals surface area contributed by atoms with Crippen molar-refractivity contribution in [3.63, 3.8) is 0 Å². The van der Waals surface area contributed by atoms with Gasteiger partial charge in [-0.15, -0.1) is 0 Å². The fraction of sp³-hybridized carbons (Fsp3) is 0.400. The van der Waals surface area contributed by atoms with E-state index in [0.717, 1.165) is 13.1 Å². The molecule has 144 valence electrons. The average molecular weight is 373 g/mol. The van der Waals surface area contributed by atoms with Gasteiger partial charge in [-0.1, -0.05) is 12.1 Å². The molecule has 2 aromatic rings. The number of nitrogens with zero attached hydrogens (tertiary/aromatic N) is 1. The normalized spacial score (nSPS) is 16.1. The second-order valence-corrected chi connectivity index (χ2v) is 6.77. The number of furan rings is 1. The first-order valence-corrected chi connectivity index (χ1v) is 9.11. The van der Waals surface area contributed by atoms with Crippen molar-refractivity contribution in [2.24, 2.45) is 0 Å². The summed E-state index contributed by atoms with van der Waals surface area (Å²) in [4.78, 5) is 26.7. The van der Waals surface area contributed by atoms with Gasteiger partial charge in [-0.05, 0) is 31.2 Å². The van der Waals surface area contributed by atoms with E-state index in [4.69, 9.17) is 9.15 Å². The number of ketones is 1. The summed E-state index contributed by atoms with van der Waals surface area (Å²) in [6.45, 7) is 5.02. The average Bonchev–Trinajstić information content (AvgIpc) is 3.21. The third-order valence-corrected chi connectivity index (χ3v) is 4.70. The summed E-state index contributed by atoms with van der Waals surface area (Å²) in [5, 5.41) is 10.3. The third kappa shape index (κ3) is 5.18. The second kappa shape index (κ2) is 8.83. The molecule has 1 fully saturated rings. The molecule has 1 saturated heterocycles. The van der Waals surface area contributed by atoms with Gasteiger partial charge in [0.05, 0.1) is 32.4 Å². The maximum Gasteiger partial charge on any atom is 0.289 e. The van der Waals surface area contributed by atoms with Crippen molar-refractivity contribution in [3.05, 3.63) is 54.0 Å². The maximum atomic E-state index is 12.3. The molecular weight excluding hydrogens is 348 g/mol. The fourth-order valence-electron chi connectivity index (χ4n) is 3.18. The van der Waals surface area contributed by atoms with Gasteiger partial charge in [0.2, 0.25) is 0 Å². The van der Waals surface area contributed by atoms with Crippen molar-refractivity contribution in [1.29, 1.82) is 0 Å². The Balaban J connectivity index is 1.42. The van der Waals surface area contributed by atoms with Gasteiger partial charge < -0.3 is 24.1 Å². The number of hydrogen-bond donors (Lipinski definition) is 2. The van der Waals surface area contributed by atoms with Crippen LogP contribution in [0.5, 0.6) is 5.75 Å². The molecule has 27 heavy (non-hydrogen) atoms. The van der Waals surface area contributed by atoms with Gasteiger partial charge >= 0.3 is 0 Å². The molecule has 7 heteroatoms. The first kappa shape index (κ1) is 19.1. The number of nitrogens with one attached hydrogen (secondary N) is 1. The van der Waals surface area contributed by atoms with E-state index in [1.165, 1.54) is 18.1 Å². The molecule has 1 atom stereocenters. The lowest BCUT2D eigenvalue weighted by Gasteiger charge is -2.32. The number of amides is 1. The van der Waals surface area contributed by atoms with Gasteiger partial charge in [-0.2, -0.15) is 0 Å². The van der Waals surface area contributed by atoms with Crippen molar-refractivity contribution < 1.29 is 28.7 Å². The standard InChI is InChI=1S/C20H24N2O5/c1-15(23)16-4-2-5-18(12-16)27-14-17(24)13-21-7-9-22(10-8-21)20(25)19-6-3-11-26-19/h2-6,11-12,17,24H,7-10,13-14H2,1H3/p+1/t17-/m1/s1. The highest BCUT2D eigenvalue weighted by Crippen LogP contribution is 2.14. The Morgan fingerprint density at radius 1 is 1.26 bits per heavy atom. The predicted octanol–water partition coefficient (Wildman–Crippen LogP) is 0.263. The number of piperazine rings is 1. The summed E-state index contributed by atoms with van der Waals surface area (Å²) in [6.07, 6.45) is 0.880. The van der Waals surface area contributed by atoms with Crippen molar-refractivity contribution >= 4 is 11.7 Å². The molecule has 1 aromatic heterocycles. The molecule has 0 radical (unpaired) electrons. The van der Waals surface area contributed by atoms with E-state index in [1.807, 2.05) is 0 Å². The number of benzene rings is 1. The van der Waals surface area contributed by atoms with Crippen molar-refractivity contribution in [1.82, 2.24) is 4.90 Å². The van der Waals surface area contributed by atoms with Gasteiger partial charge in [-0.3, -0.25) is 9.59 Å². The van der Waals surface area contributed by atoms with E-state index in [2.05, 4.69) is 0 Å². The summed E-state index contributed by atoms with van der Waals surface area (Å²) < 4.78 is 10.8. The highest BCUT2D eigenvalue weighted by Gasteiger charge is 2.27. The molecule has 0 unspecified atom stereocenters. The Hall–Kier alpha value is -2.64. The largest absolute Gasteiger partial charge is 0.491 e. The molecule has 1 amide bonds. The van der Waals surface area contributed by atoms with Crippen LogP contribution in [0.4, 0.5) is 0 Å². The van der Waals surface area contributed by atoms with E-state index >= 15 is 0 Å². The number of quaternary nitrogens is 1. The number of carbonyl (C=O) groups excluding carboxylic acids is 2. The molecule has 0 spiro atoms. The van der Waals surface area contributed by atoms with Crippen LogP contribution in [0.1, 0.15) is 27.8 Å². The van der Waals surface area contributed by atoms with Crippen LogP contribution in [-0.4, -0.2) is 67.1 Å². The fourth-order valence-corrected chi connectivity index (χ4v) is 3.18. The van der Waals surface area contributed by atoms with Crippen LogP contribution in [0.25, 0.3) is 0 Å². The number of aliphatic hydroxyl groups excluding tert-OH is 1. The molecule has 1 aromatic carbocycles. The molecule has 0 aliphatic carbocycles. The summed E-state index contributed by atoms with van der Waals surface area (Å²) in [6, 6.07) is 10.3. The lowest BCUT2D eigenvalue weighted by molar-refractivity contribution is -0.907. The third-order valence-electron chi connectivity index (χ3n) is 4.70. The van der Waals surface area contributed by atoms with Crippen molar-refractivity contribution in [3.8, 4) is 5.75 Å². The van der Waals surface area contributed by atoms with Gasteiger partial charge in [0.15, 0.2) is 11.5 Å². The lowest BCUT2D eigenvalue weighted by atomic mass is 10.1. The predicted molar refractivity (Wildman–Crippen MR) is 98.1 cm³/mol. The van der Waals surface area contributed by atoms with Crippen molar-refractivity contribution in [2.45, 2.75) is 13.0 Å². The number of rotatable bonds is 7. The van der Waals surface area contributed by atoms with Gasteiger partial charge in [0, 0.05) is 5.56 Å². The summed E-state index contributed by atoms with van der Waals surface area (Å²) >= 11 is 0. The van der Waals surface area contributed by atoms with E-state index in [1.54, 1.807) is 41.3 Å².